The summed E-state index contributed by atoms with van der Waals surface area (Å²) in [6.45, 7) is 0. The lowest BCUT2D eigenvalue weighted by atomic mass is 10.1. The number of aromatic nitrogens is 2. The normalized spacial score (nSPS) is 14.9. The van der Waals surface area contributed by atoms with E-state index in [0.717, 1.165) is 4.09 Å². The van der Waals surface area contributed by atoms with E-state index in [-0.39, 0.29) is 11.7 Å². The lowest BCUT2D eigenvalue weighted by molar-refractivity contribution is 0.578. The predicted molar refractivity (Wildman–Crippen MR) is 74.3 cm³/mol. The number of halogens is 1. The first-order valence-electron chi connectivity index (χ1n) is 6.47. The van der Waals surface area contributed by atoms with Crippen molar-refractivity contribution in [1.82, 2.24) is 9.19 Å². The van der Waals surface area contributed by atoms with Gasteiger partial charge in [0, 0.05) is 11.1 Å². The second-order valence-corrected chi connectivity index (χ2v) is 7.06. The second-order valence-electron chi connectivity index (χ2n) is 4.99. The van der Waals surface area contributed by atoms with Gasteiger partial charge >= 0.3 is 0 Å². The highest BCUT2D eigenvalue weighted by molar-refractivity contribution is 7.90. The third-order valence-corrected chi connectivity index (χ3v) is 5.46. The molecular weight excluding hydrogens is 293 g/mol. The minimum Gasteiger partial charge on any atom is -0.207 e. The molecular formula is C14H12FN3O2S. The van der Waals surface area contributed by atoms with Crippen LogP contribution >= 0.6 is 0 Å². The molecule has 7 heteroatoms. The number of rotatable bonds is 4. The summed E-state index contributed by atoms with van der Waals surface area (Å²) in [6, 6.07) is 6.36. The molecule has 1 aliphatic carbocycles. The summed E-state index contributed by atoms with van der Waals surface area (Å²) in [6.07, 6.45) is 4.12. The van der Waals surface area contributed by atoms with Crippen molar-refractivity contribution in [2.75, 3.05) is 0 Å². The Labute approximate surface area is 121 Å². The molecule has 21 heavy (non-hydrogen) atoms. The zero-order chi connectivity index (χ0) is 15.0. The molecule has 5 nitrogen and oxygen atoms in total. The first-order chi connectivity index (χ1) is 10.0. The third-order valence-electron chi connectivity index (χ3n) is 3.42. The van der Waals surface area contributed by atoms with Gasteiger partial charge in [0.2, 0.25) is 0 Å². The molecule has 0 radical (unpaired) electrons. The first-order valence-corrected chi connectivity index (χ1v) is 7.97. The first kappa shape index (κ1) is 13.8. The Morgan fingerprint density at radius 2 is 2.14 bits per heavy atom. The van der Waals surface area contributed by atoms with E-state index in [1.54, 1.807) is 6.07 Å². The van der Waals surface area contributed by atoms with Gasteiger partial charge in [-0.2, -0.15) is 14.4 Å². The van der Waals surface area contributed by atoms with Crippen molar-refractivity contribution in [1.29, 1.82) is 5.26 Å². The Kier molecular flexibility index (Phi) is 3.26. The SMILES string of the molecule is N#CCc1ccc(-c2cnn(S(=O)(=O)C3CC3)c2)cc1F. The molecule has 0 saturated heterocycles. The van der Waals surface area contributed by atoms with Crippen molar-refractivity contribution in [3.05, 3.63) is 42.0 Å². The molecule has 0 aliphatic heterocycles. The minimum absolute atomic E-state index is 0.00142. The van der Waals surface area contributed by atoms with Gasteiger partial charge < -0.3 is 0 Å². The molecule has 3 rings (SSSR count). The van der Waals surface area contributed by atoms with E-state index in [4.69, 9.17) is 5.26 Å². The maximum Gasteiger partial charge on any atom is 0.256 e. The second kappa shape index (κ2) is 4.97. The number of nitriles is 1. The molecule has 1 aliphatic rings. The van der Waals surface area contributed by atoms with Crippen molar-refractivity contribution in [2.45, 2.75) is 24.5 Å². The van der Waals surface area contributed by atoms with Gasteiger partial charge in [0.25, 0.3) is 10.0 Å². The van der Waals surface area contributed by atoms with Crippen LogP contribution in [0.15, 0.2) is 30.6 Å². The summed E-state index contributed by atoms with van der Waals surface area (Å²) in [5, 5.41) is 12.1. The van der Waals surface area contributed by atoms with E-state index >= 15 is 0 Å². The van der Waals surface area contributed by atoms with Crippen LogP contribution in [0, 0.1) is 17.1 Å². The molecule has 108 valence electrons. The molecule has 2 aromatic rings. The fourth-order valence-corrected chi connectivity index (χ4v) is 3.54. The van der Waals surface area contributed by atoms with Gasteiger partial charge in [-0.15, -0.1) is 0 Å². The van der Waals surface area contributed by atoms with E-state index in [0.29, 0.717) is 29.5 Å². The van der Waals surface area contributed by atoms with Gasteiger partial charge in [-0.3, -0.25) is 0 Å². The summed E-state index contributed by atoms with van der Waals surface area (Å²) >= 11 is 0. The van der Waals surface area contributed by atoms with Crippen molar-refractivity contribution < 1.29 is 12.8 Å². The molecule has 0 bridgehead atoms. The molecule has 0 spiro atoms. The topological polar surface area (TPSA) is 75.8 Å². The number of hydrogen-bond acceptors (Lipinski definition) is 4. The summed E-state index contributed by atoms with van der Waals surface area (Å²) in [7, 11) is -3.41. The van der Waals surface area contributed by atoms with Gasteiger partial charge in [-0.1, -0.05) is 12.1 Å². The van der Waals surface area contributed by atoms with Crippen LogP contribution in [0.3, 0.4) is 0 Å². The van der Waals surface area contributed by atoms with Crippen LogP contribution in [0.25, 0.3) is 11.1 Å². The summed E-state index contributed by atoms with van der Waals surface area (Å²) in [5.74, 6) is -0.480. The van der Waals surface area contributed by atoms with Crippen LogP contribution in [-0.2, 0) is 16.4 Å². The van der Waals surface area contributed by atoms with Gasteiger partial charge in [-0.05, 0) is 24.5 Å². The molecule has 0 amide bonds. The monoisotopic (exact) mass is 305 g/mol. The Hall–Kier alpha value is -2.20. The van der Waals surface area contributed by atoms with Crippen molar-refractivity contribution in [3.8, 4) is 17.2 Å². The zero-order valence-electron chi connectivity index (χ0n) is 11.0. The zero-order valence-corrected chi connectivity index (χ0v) is 11.8. The Morgan fingerprint density at radius 3 is 2.76 bits per heavy atom. The van der Waals surface area contributed by atoms with Crippen molar-refractivity contribution >= 4 is 10.0 Å². The Morgan fingerprint density at radius 1 is 1.38 bits per heavy atom. The molecule has 0 unspecified atom stereocenters. The summed E-state index contributed by atoms with van der Waals surface area (Å²) in [5.41, 5.74) is 1.38. The molecule has 0 atom stereocenters. The molecule has 0 N–H and O–H groups in total. The van der Waals surface area contributed by atoms with E-state index < -0.39 is 15.8 Å². The van der Waals surface area contributed by atoms with Crippen LogP contribution in [0.1, 0.15) is 18.4 Å². The molecule has 1 aromatic heterocycles. The fraction of sp³-hybridized carbons (Fsp3) is 0.286. The fourth-order valence-electron chi connectivity index (χ4n) is 2.07. The van der Waals surface area contributed by atoms with Crippen LogP contribution < -0.4 is 0 Å². The standard InChI is InChI=1S/C14H12FN3O2S/c15-14-7-11(2-1-10(14)5-6-16)12-8-17-18(9-12)21(19,20)13-3-4-13/h1-2,7-9,13H,3-5H2. The summed E-state index contributed by atoms with van der Waals surface area (Å²) < 4.78 is 38.8. The Bertz CT molecular complexity index is 832. The highest BCUT2D eigenvalue weighted by Crippen LogP contribution is 2.30. The van der Waals surface area contributed by atoms with Crippen LogP contribution in [0.4, 0.5) is 4.39 Å². The maximum atomic E-state index is 13.8. The number of benzene rings is 1. The largest absolute Gasteiger partial charge is 0.256 e. The Balaban J connectivity index is 1.93. The molecule has 1 saturated carbocycles. The highest BCUT2D eigenvalue weighted by Gasteiger charge is 2.37. The van der Waals surface area contributed by atoms with E-state index in [1.807, 2.05) is 6.07 Å². The van der Waals surface area contributed by atoms with Crippen LogP contribution in [-0.4, -0.2) is 22.9 Å². The van der Waals surface area contributed by atoms with E-state index in [9.17, 15) is 12.8 Å². The third kappa shape index (κ3) is 2.54. The molecule has 1 heterocycles. The van der Waals surface area contributed by atoms with Gasteiger partial charge in [-0.25, -0.2) is 12.8 Å². The lowest BCUT2D eigenvalue weighted by Crippen LogP contribution is -2.17. The summed E-state index contributed by atoms with van der Waals surface area (Å²) in [4.78, 5) is 0. The number of hydrogen-bond donors (Lipinski definition) is 0. The average molecular weight is 305 g/mol. The van der Waals surface area contributed by atoms with Crippen LogP contribution in [0.2, 0.25) is 0 Å². The van der Waals surface area contributed by atoms with Gasteiger partial charge in [0.1, 0.15) is 5.82 Å². The van der Waals surface area contributed by atoms with Gasteiger partial charge in [0.05, 0.1) is 30.1 Å². The number of nitrogens with zero attached hydrogens (tertiary/aromatic N) is 3. The lowest BCUT2D eigenvalue weighted by Gasteiger charge is -2.02. The average Bonchev–Trinajstić information content (AvgIpc) is 3.19. The van der Waals surface area contributed by atoms with E-state index in [1.165, 1.54) is 24.5 Å². The molecule has 1 aromatic carbocycles. The van der Waals surface area contributed by atoms with Gasteiger partial charge in [0.15, 0.2) is 0 Å². The molecule has 1 fully saturated rings. The van der Waals surface area contributed by atoms with E-state index in [2.05, 4.69) is 5.10 Å². The highest BCUT2D eigenvalue weighted by atomic mass is 32.2. The van der Waals surface area contributed by atoms with Crippen LogP contribution in [0.5, 0.6) is 0 Å². The smallest absolute Gasteiger partial charge is 0.207 e. The van der Waals surface area contributed by atoms with Crippen molar-refractivity contribution in [3.63, 3.8) is 0 Å². The minimum atomic E-state index is -3.41. The quantitative estimate of drug-likeness (QED) is 0.866. The van der Waals surface area contributed by atoms with Crippen molar-refractivity contribution in [2.24, 2.45) is 0 Å². The predicted octanol–water partition coefficient (Wildman–Crippen LogP) is 2.10. The maximum absolute atomic E-state index is 13.8.